The zero-order valence-corrected chi connectivity index (χ0v) is 17.4. The highest BCUT2D eigenvalue weighted by atomic mass is 35.5. The first-order valence-corrected chi connectivity index (χ1v) is 10.5. The molecule has 0 spiro atoms. The first-order valence-electron chi connectivity index (χ1n) is 10.1. The van der Waals surface area contributed by atoms with E-state index in [1.807, 2.05) is 36.4 Å². The van der Waals surface area contributed by atoms with E-state index in [-0.39, 0.29) is 0 Å². The molecule has 0 N–H and O–H groups in total. The number of hydrogen-bond donors (Lipinski definition) is 0. The van der Waals surface area contributed by atoms with Gasteiger partial charge in [0.1, 0.15) is 11.6 Å². The molecule has 4 heteroatoms. The monoisotopic (exact) mass is 404 g/mol. The van der Waals surface area contributed by atoms with E-state index in [1.165, 1.54) is 11.1 Å². The molecular formula is C25H25ClN2O. The van der Waals surface area contributed by atoms with Crippen LogP contribution in [0, 0.1) is 6.92 Å². The van der Waals surface area contributed by atoms with Gasteiger partial charge in [0.2, 0.25) is 0 Å². The largest absolute Gasteiger partial charge is 0.494 e. The molecule has 0 unspecified atom stereocenters. The topological polar surface area (TPSA) is 27.1 Å². The number of unbranched alkanes of at least 4 members (excludes halogenated alkanes) is 1. The molecule has 0 aliphatic rings. The summed E-state index contributed by atoms with van der Waals surface area (Å²) in [5, 5.41) is 0.790. The maximum absolute atomic E-state index is 6.39. The number of imidazole rings is 1. The van der Waals surface area contributed by atoms with Crippen molar-refractivity contribution in [1.29, 1.82) is 0 Å². The summed E-state index contributed by atoms with van der Waals surface area (Å²) in [5.74, 6) is 2.00. The van der Waals surface area contributed by atoms with Gasteiger partial charge in [-0.1, -0.05) is 54.1 Å². The highest BCUT2D eigenvalue weighted by Gasteiger charge is 2.12. The molecule has 148 valence electrons. The van der Waals surface area contributed by atoms with Crippen LogP contribution >= 0.6 is 11.6 Å². The number of aryl methyl sites for hydroxylation is 2. The third-order valence-corrected chi connectivity index (χ3v) is 5.44. The Morgan fingerprint density at radius 1 is 0.931 bits per heavy atom. The van der Waals surface area contributed by atoms with Crippen LogP contribution in [-0.4, -0.2) is 16.2 Å². The van der Waals surface area contributed by atoms with Gasteiger partial charge in [-0.25, -0.2) is 4.98 Å². The van der Waals surface area contributed by atoms with Crippen molar-refractivity contribution >= 4 is 22.6 Å². The Morgan fingerprint density at radius 3 is 2.62 bits per heavy atom. The summed E-state index contributed by atoms with van der Waals surface area (Å²) < 4.78 is 8.22. The lowest BCUT2D eigenvalue weighted by molar-refractivity contribution is 0.303. The van der Waals surface area contributed by atoms with Gasteiger partial charge in [-0.3, -0.25) is 0 Å². The van der Waals surface area contributed by atoms with Gasteiger partial charge in [0.15, 0.2) is 0 Å². The molecule has 0 amide bonds. The molecule has 3 nitrogen and oxygen atoms in total. The van der Waals surface area contributed by atoms with Crippen molar-refractivity contribution in [1.82, 2.24) is 9.55 Å². The Hall–Kier alpha value is -2.78. The maximum Gasteiger partial charge on any atom is 0.119 e. The van der Waals surface area contributed by atoms with Gasteiger partial charge in [-0.05, 0) is 61.2 Å². The second-order valence-corrected chi connectivity index (χ2v) is 7.72. The summed E-state index contributed by atoms with van der Waals surface area (Å²) >= 11 is 6.39. The second kappa shape index (κ2) is 9.15. The molecule has 0 radical (unpaired) electrons. The fourth-order valence-electron chi connectivity index (χ4n) is 3.59. The van der Waals surface area contributed by atoms with Crippen molar-refractivity contribution < 1.29 is 4.74 Å². The smallest absolute Gasteiger partial charge is 0.119 e. The molecule has 0 aliphatic carbocycles. The molecule has 0 saturated heterocycles. The van der Waals surface area contributed by atoms with Crippen LogP contribution in [0.15, 0.2) is 72.8 Å². The van der Waals surface area contributed by atoms with Crippen LogP contribution in [0.25, 0.3) is 11.0 Å². The molecule has 0 saturated carbocycles. The van der Waals surface area contributed by atoms with E-state index in [4.69, 9.17) is 21.3 Å². The summed E-state index contributed by atoms with van der Waals surface area (Å²) in [4.78, 5) is 4.88. The molecule has 4 rings (SSSR count). The van der Waals surface area contributed by atoms with E-state index in [1.54, 1.807) is 0 Å². The van der Waals surface area contributed by atoms with E-state index in [9.17, 15) is 0 Å². The lowest BCUT2D eigenvalue weighted by atomic mass is 10.1. The second-order valence-electron chi connectivity index (χ2n) is 7.31. The molecule has 0 atom stereocenters. The van der Waals surface area contributed by atoms with Crippen LogP contribution in [0.1, 0.15) is 29.8 Å². The van der Waals surface area contributed by atoms with E-state index < -0.39 is 0 Å². The summed E-state index contributed by atoms with van der Waals surface area (Å²) in [7, 11) is 0. The zero-order chi connectivity index (χ0) is 20.1. The number of fused-ring (bicyclic) bond motifs is 1. The third-order valence-electron chi connectivity index (χ3n) is 5.07. The van der Waals surface area contributed by atoms with Gasteiger partial charge in [0.25, 0.3) is 0 Å². The van der Waals surface area contributed by atoms with Crippen LogP contribution in [0.4, 0.5) is 0 Å². The number of hydrogen-bond acceptors (Lipinski definition) is 2. The van der Waals surface area contributed by atoms with Gasteiger partial charge in [0, 0.05) is 18.0 Å². The van der Waals surface area contributed by atoms with E-state index in [2.05, 4.69) is 47.9 Å². The first-order chi connectivity index (χ1) is 14.2. The number of halogens is 1. The van der Waals surface area contributed by atoms with Crippen molar-refractivity contribution in [2.24, 2.45) is 0 Å². The minimum atomic E-state index is 0.718. The van der Waals surface area contributed by atoms with Crippen LogP contribution in [0.2, 0.25) is 5.02 Å². The predicted octanol–water partition coefficient (Wildman–Crippen LogP) is 6.45. The molecule has 0 aliphatic heterocycles. The molecule has 4 aromatic rings. The Kier molecular flexibility index (Phi) is 6.16. The Labute approximate surface area is 176 Å². The Balaban J connectivity index is 1.44. The molecular weight excluding hydrogens is 380 g/mol. The SMILES string of the molecule is Cc1cccc(OCCCCn2c(Cc3ccccc3Cl)nc3ccccc32)c1. The predicted molar refractivity (Wildman–Crippen MR) is 120 cm³/mol. The minimum Gasteiger partial charge on any atom is -0.494 e. The zero-order valence-electron chi connectivity index (χ0n) is 16.6. The normalized spacial score (nSPS) is 11.1. The van der Waals surface area contributed by atoms with Crippen molar-refractivity contribution in [3.05, 3.63) is 94.8 Å². The standard InChI is InChI=1S/C25H25ClN2O/c1-19-9-8-11-21(17-19)29-16-7-6-15-28-24-14-5-4-13-23(24)27-25(28)18-20-10-2-3-12-22(20)26/h2-5,8-14,17H,6-7,15-16,18H2,1H3. The average Bonchev–Trinajstić information content (AvgIpc) is 3.07. The van der Waals surface area contributed by atoms with Gasteiger partial charge in [-0.15, -0.1) is 0 Å². The summed E-state index contributed by atoms with van der Waals surface area (Å²) in [6.45, 7) is 3.71. The molecule has 29 heavy (non-hydrogen) atoms. The number of rotatable bonds is 8. The van der Waals surface area contributed by atoms with Crippen molar-refractivity contribution in [2.45, 2.75) is 32.7 Å². The number of ether oxygens (including phenoxy) is 1. The van der Waals surface area contributed by atoms with E-state index in [0.29, 0.717) is 0 Å². The van der Waals surface area contributed by atoms with Crippen LogP contribution < -0.4 is 4.74 Å². The molecule has 1 heterocycles. The number of aromatic nitrogens is 2. The summed E-state index contributed by atoms with van der Waals surface area (Å²) in [6, 6.07) is 24.5. The number of nitrogens with zero attached hydrogens (tertiary/aromatic N) is 2. The summed E-state index contributed by atoms with van der Waals surface area (Å²) in [5.41, 5.74) is 4.53. The van der Waals surface area contributed by atoms with Crippen molar-refractivity contribution in [3.63, 3.8) is 0 Å². The highest BCUT2D eigenvalue weighted by Crippen LogP contribution is 2.23. The Bertz CT molecular complexity index is 1100. The fraction of sp³-hybridized carbons (Fsp3) is 0.240. The number of para-hydroxylation sites is 2. The Morgan fingerprint density at radius 2 is 1.76 bits per heavy atom. The van der Waals surface area contributed by atoms with Crippen LogP contribution in [0.5, 0.6) is 5.75 Å². The van der Waals surface area contributed by atoms with Gasteiger partial charge >= 0.3 is 0 Å². The molecule has 1 aromatic heterocycles. The van der Waals surface area contributed by atoms with Crippen molar-refractivity contribution in [2.75, 3.05) is 6.61 Å². The lowest BCUT2D eigenvalue weighted by Crippen LogP contribution is -2.07. The third kappa shape index (κ3) is 4.80. The maximum atomic E-state index is 6.39. The fourth-order valence-corrected chi connectivity index (χ4v) is 3.79. The molecule has 3 aromatic carbocycles. The van der Waals surface area contributed by atoms with Crippen LogP contribution in [-0.2, 0) is 13.0 Å². The van der Waals surface area contributed by atoms with E-state index >= 15 is 0 Å². The first kappa shape index (κ1) is 19.5. The lowest BCUT2D eigenvalue weighted by Gasteiger charge is -2.11. The van der Waals surface area contributed by atoms with Crippen molar-refractivity contribution in [3.8, 4) is 5.75 Å². The van der Waals surface area contributed by atoms with Crippen LogP contribution in [0.3, 0.4) is 0 Å². The molecule has 0 bridgehead atoms. The van der Waals surface area contributed by atoms with Gasteiger partial charge in [-0.2, -0.15) is 0 Å². The molecule has 0 fully saturated rings. The van der Waals surface area contributed by atoms with Gasteiger partial charge < -0.3 is 9.30 Å². The number of benzene rings is 3. The quantitative estimate of drug-likeness (QED) is 0.315. The van der Waals surface area contributed by atoms with Gasteiger partial charge in [0.05, 0.1) is 17.6 Å². The average molecular weight is 405 g/mol. The minimum absolute atomic E-state index is 0.718. The van der Waals surface area contributed by atoms with E-state index in [0.717, 1.165) is 60.1 Å². The summed E-state index contributed by atoms with van der Waals surface area (Å²) in [6.07, 6.45) is 2.75. The highest BCUT2D eigenvalue weighted by molar-refractivity contribution is 6.31.